The number of nitrogens with zero attached hydrogens (tertiary/aromatic N) is 2. The van der Waals surface area contributed by atoms with Gasteiger partial charge in [0.2, 0.25) is 0 Å². The van der Waals surface area contributed by atoms with E-state index in [2.05, 4.69) is 16.0 Å². The molecule has 3 rings (SSSR count). The first-order valence-electron chi connectivity index (χ1n) is 9.36. The van der Waals surface area contributed by atoms with Crippen LogP contribution in [0.2, 0.25) is 0 Å². The Balaban J connectivity index is 1.64. The number of fused-ring (bicyclic) bond motifs is 1. The van der Waals surface area contributed by atoms with Gasteiger partial charge >= 0.3 is 0 Å². The summed E-state index contributed by atoms with van der Waals surface area (Å²) in [4.78, 5) is 37.0. The molecule has 30 heavy (non-hydrogen) atoms. The Bertz CT molecular complexity index is 1120. The molecule has 9 heteroatoms. The van der Waals surface area contributed by atoms with Crippen molar-refractivity contribution in [2.24, 2.45) is 7.05 Å². The van der Waals surface area contributed by atoms with E-state index in [1.165, 1.54) is 7.05 Å². The van der Waals surface area contributed by atoms with Gasteiger partial charge in [-0.3, -0.25) is 25.2 Å². The van der Waals surface area contributed by atoms with Gasteiger partial charge in [0.05, 0.1) is 12.0 Å². The second-order valence-electron chi connectivity index (χ2n) is 6.43. The Labute approximate surface area is 172 Å². The number of carbonyl (C=O) groups excluding carboxylic acids is 2. The Morgan fingerprint density at radius 2 is 1.67 bits per heavy atom. The van der Waals surface area contributed by atoms with Crippen LogP contribution in [-0.2, 0) is 11.8 Å². The van der Waals surface area contributed by atoms with E-state index in [9.17, 15) is 14.4 Å². The smallest absolute Gasteiger partial charge is 0.290 e. The average molecular weight is 410 g/mol. The van der Waals surface area contributed by atoms with E-state index in [-0.39, 0.29) is 11.3 Å². The normalized spacial score (nSPS) is 11.6. The van der Waals surface area contributed by atoms with Crippen molar-refractivity contribution < 1.29 is 19.1 Å². The predicted molar refractivity (Wildman–Crippen MR) is 110 cm³/mol. The van der Waals surface area contributed by atoms with E-state index in [0.29, 0.717) is 28.9 Å². The molecule has 0 fully saturated rings. The second kappa shape index (κ2) is 9.08. The molecule has 2 N–H and O–H groups in total. The number of aryl methyl sites for hydroxylation is 1. The summed E-state index contributed by atoms with van der Waals surface area (Å²) in [6.45, 7) is 3.99. The molecule has 3 aromatic rings. The van der Waals surface area contributed by atoms with Gasteiger partial charge in [-0.05, 0) is 44.2 Å². The van der Waals surface area contributed by atoms with Crippen molar-refractivity contribution in [2.45, 2.75) is 20.0 Å². The molecule has 0 spiro atoms. The van der Waals surface area contributed by atoms with Gasteiger partial charge in [0.1, 0.15) is 11.5 Å². The highest BCUT2D eigenvalue weighted by molar-refractivity contribution is 6.05. The van der Waals surface area contributed by atoms with E-state index in [1.807, 2.05) is 6.92 Å². The number of rotatable bonds is 6. The standard InChI is InChI=1S/C21H22N4O5/c1-4-29-14-9-11-15(12-10-14)30-13(2)19(26)22-23-20(27)18-16-7-5-6-8-17(16)21(28)25(3)24-18/h5-13H,4H2,1-3H3,(H,22,26)(H,23,27)/t13-/m1/s1. The highest BCUT2D eigenvalue weighted by Gasteiger charge is 2.19. The van der Waals surface area contributed by atoms with Crippen LogP contribution in [0.5, 0.6) is 11.5 Å². The summed E-state index contributed by atoms with van der Waals surface area (Å²) >= 11 is 0. The highest BCUT2D eigenvalue weighted by Crippen LogP contribution is 2.18. The van der Waals surface area contributed by atoms with Gasteiger partial charge in [0.25, 0.3) is 17.4 Å². The third-order valence-corrected chi connectivity index (χ3v) is 4.29. The fraction of sp³-hybridized carbons (Fsp3) is 0.238. The quantitative estimate of drug-likeness (QED) is 0.597. The van der Waals surface area contributed by atoms with Crippen LogP contribution < -0.4 is 25.9 Å². The number of aromatic nitrogens is 2. The SMILES string of the molecule is CCOc1ccc(O[C@H](C)C(=O)NNC(=O)c2nn(C)c(=O)c3ccccc23)cc1. The van der Waals surface area contributed by atoms with Crippen LogP contribution in [0.15, 0.2) is 53.3 Å². The maximum absolute atomic E-state index is 12.5. The van der Waals surface area contributed by atoms with Crippen molar-refractivity contribution in [2.75, 3.05) is 6.61 Å². The molecule has 2 amide bonds. The minimum atomic E-state index is -0.868. The van der Waals surface area contributed by atoms with Gasteiger partial charge in [-0.2, -0.15) is 5.10 Å². The maximum Gasteiger partial charge on any atom is 0.290 e. The van der Waals surface area contributed by atoms with Crippen molar-refractivity contribution in [3.63, 3.8) is 0 Å². The van der Waals surface area contributed by atoms with Crippen LogP contribution in [0.25, 0.3) is 10.8 Å². The lowest BCUT2D eigenvalue weighted by Crippen LogP contribution is -2.47. The summed E-state index contributed by atoms with van der Waals surface area (Å²) in [5.74, 6) is -0.0147. The zero-order chi connectivity index (χ0) is 21.7. The van der Waals surface area contributed by atoms with Crippen LogP contribution in [0.3, 0.4) is 0 Å². The van der Waals surface area contributed by atoms with Gasteiger partial charge in [-0.1, -0.05) is 18.2 Å². The van der Waals surface area contributed by atoms with Crippen LogP contribution in [0.1, 0.15) is 24.3 Å². The molecule has 0 unspecified atom stereocenters. The number of carbonyl (C=O) groups is 2. The molecule has 0 radical (unpaired) electrons. The number of amides is 2. The molecule has 156 valence electrons. The van der Waals surface area contributed by atoms with E-state index in [4.69, 9.17) is 9.47 Å². The molecule has 0 saturated carbocycles. The number of hydrazine groups is 1. The first-order chi connectivity index (χ1) is 14.4. The third kappa shape index (κ3) is 4.57. The molecule has 2 aromatic carbocycles. The van der Waals surface area contributed by atoms with Gasteiger partial charge in [-0.15, -0.1) is 0 Å². The van der Waals surface area contributed by atoms with Crippen molar-refractivity contribution >= 4 is 22.6 Å². The summed E-state index contributed by atoms with van der Waals surface area (Å²) in [5.41, 5.74) is 4.33. The lowest BCUT2D eigenvalue weighted by molar-refractivity contribution is -0.128. The Morgan fingerprint density at radius 1 is 1.03 bits per heavy atom. The van der Waals surface area contributed by atoms with Gasteiger partial charge in [0.15, 0.2) is 11.8 Å². The topological polar surface area (TPSA) is 112 Å². The van der Waals surface area contributed by atoms with Crippen LogP contribution >= 0.6 is 0 Å². The molecule has 0 saturated heterocycles. The number of hydrogen-bond donors (Lipinski definition) is 2. The largest absolute Gasteiger partial charge is 0.494 e. The first-order valence-corrected chi connectivity index (χ1v) is 9.36. The summed E-state index contributed by atoms with van der Waals surface area (Å²) < 4.78 is 12.0. The zero-order valence-electron chi connectivity index (χ0n) is 16.8. The van der Waals surface area contributed by atoms with E-state index >= 15 is 0 Å². The highest BCUT2D eigenvalue weighted by atomic mass is 16.5. The monoisotopic (exact) mass is 410 g/mol. The number of hydrogen-bond acceptors (Lipinski definition) is 6. The molecular formula is C21H22N4O5. The van der Waals surface area contributed by atoms with E-state index in [1.54, 1.807) is 55.5 Å². The van der Waals surface area contributed by atoms with Crippen molar-refractivity contribution in [3.8, 4) is 11.5 Å². The van der Waals surface area contributed by atoms with Crippen LogP contribution in [0.4, 0.5) is 0 Å². The lowest BCUT2D eigenvalue weighted by atomic mass is 10.1. The minimum absolute atomic E-state index is 0.0214. The molecule has 9 nitrogen and oxygen atoms in total. The van der Waals surface area contributed by atoms with Crippen LogP contribution in [-0.4, -0.2) is 34.3 Å². The average Bonchev–Trinajstić information content (AvgIpc) is 2.75. The van der Waals surface area contributed by atoms with E-state index in [0.717, 1.165) is 4.68 Å². The molecule has 0 aliphatic carbocycles. The molecule has 1 atom stereocenters. The molecular weight excluding hydrogens is 388 g/mol. The fourth-order valence-corrected chi connectivity index (χ4v) is 2.79. The van der Waals surface area contributed by atoms with Gasteiger partial charge in [-0.25, -0.2) is 4.68 Å². The second-order valence-corrected chi connectivity index (χ2v) is 6.43. The summed E-state index contributed by atoms with van der Waals surface area (Å²) in [7, 11) is 1.46. The van der Waals surface area contributed by atoms with E-state index < -0.39 is 17.9 Å². The number of benzene rings is 2. The number of nitrogens with one attached hydrogen (secondary N) is 2. The molecule has 0 bridgehead atoms. The Hall–Kier alpha value is -3.88. The number of ether oxygens (including phenoxy) is 2. The Kier molecular flexibility index (Phi) is 6.31. The zero-order valence-corrected chi connectivity index (χ0v) is 16.8. The summed E-state index contributed by atoms with van der Waals surface area (Å²) in [5, 5.41) is 4.77. The summed E-state index contributed by atoms with van der Waals surface area (Å²) in [6.07, 6.45) is -0.868. The lowest BCUT2D eigenvalue weighted by Gasteiger charge is -2.15. The third-order valence-electron chi connectivity index (χ3n) is 4.29. The molecule has 1 heterocycles. The molecule has 0 aliphatic heterocycles. The Morgan fingerprint density at radius 3 is 2.33 bits per heavy atom. The first kappa shape index (κ1) is 20.8. The van der Waals surface area contributed by atoms with Crippen molar-refractivity contribution in [1.82, 2.24) is 20.6 Å². The van der Waals surface area contributed by atoms with Crippen molar-refractivity contribution in [1.29, 1.82) is 0 Å². The minimum Gasteiger partial charge on any atom is -0.494 e. The fourth-order valence-electron chi connectivity index (χ4n) is 2.79. The maximum atomic E-state index is 12.5. The van der Waals surface area contributed by atoms with Crippen molar-refractivity contribution in [3.05, 3.63) is 64.6 Å². The van der Waals surface area contributed by atoms with Gasteiger partial charge in [0, 0.05) is 12.4 Å². The van der Waals surface area contributed by atoms with Crippen LogP contribution in [0, 0.1) is 0 Å². The predicted octanol–water partition coefficient (Wildman–Crippen LogP) is 1.56. The summed E-state index contributed by atoms with van der Waals surface area (Å²) in [6, 6.07) is 13.5. The molecule has 1 aromatic heterocycles. The molecule has 0 aliphatic rings. The van der Waals surface area contributed by atoms with Gasteiger partial charge < -0.3 is 9.47 Å².